The van der Waals surface area contributed by atoms with Gasteiger partial charge in [0.05, 0.1) is 23.4 Å². The van der Waals surface area contributed by atoms with E-state index < -0.39 is 5.97 Å². The van der Waals surface area contributed by atoms with Gasteiger partial charge in [-0.2, -0.15) is 5.10 Å². The number of carbonyl (C=O) groups is 1. The van der Waals surface area contributed by atoms with Gasteiger partial charge >= 0.3 is 5.97 Å². The summed E-state index contributed by atoms with van der Waals surface area (Å²) in [6.07, 6.45) is 2.70. The molecular weight excluding hydrogens is 446 g/mol. The molecule has 4 aromatic rings. The van der Waals surface area contributed by atoms with Crippen molar-refractivity contribution < 1.29 is 9.53 Å². The van der Waals surface area contributed by atoms with Crippen LogP contribution in [-0.2, 0) is 24.2 Å². The quantitative estimate of drug-likeness (QED) is 0.407. The lowest BCUT2D eigenvalue weighted by atomic mass is 10.1. The summed E-state index contributed by atoms with van der Waals surface area (Å²) < 4.78 is 6.54. The van der Waals surface area contributed by atoms with E-state index in [9.17, 15) is 4.79 Å². The van der Waals surface area contributed by atoms with Gasteiger partial charge in [0.2, 0.25) is 0 Å². The Morgan fingerprint density at radius 2 is 2.06 bits per heavy atom. The van der Waals surface area contributed by atoms with E-state index in [1.54, 1.807) is 16.0 Å². The van der Waals surface area contributed by atoms with Crippen LogP contribution in [0.15, 0.2) is 54.0 Å². The Morgan fingerprint density at radius 3 is 2.81 bits per heavy atom. The first-order valence-corrected chi connectivity index (χ1v) is 11.4. The van der Waals surface area contributed by atoms with Crippen LogP contribution in [0, 0.1) is 0 Å². The zero-order valence-corrected chi connectivity index (χ0v) is 18.9. The summed E-state index contributed by atoms with van der Waals surface area (Å²) >= 11 is 8.34. The second-order valence-corrected chi connectivity index (χ2v) is 8.77. The molecule has 4 heterocycles. The third-order valence-corrected chi connectivity index (χ3v) is 6.69. The molecule has 1 aliphatic rings. The van der Waals surface area contributed by atoms with Crippen molar-refractivity contribution in [2.24, 2.45) is 0 Å². The van der Waals surface area contributed by atoms with Crippen LogP contribution in [0.1, 0.15) is 27.3 Å². The molecule has 1 aliphatic heterocycles. The Hall–Kier alpha value is -3.07. The number of nitrogens with zero attached hydrogens (tertiary/aromatic N) is 5. The normalized spacial score (nSPS) is 13.7. The third-order valence-electron chi connectivity index (χ3n) is 5.44. The van der Waals surface area contributed by atoms with Crippen LogP contribution in [0.3, 0.4) is 0 Å². The molecule has 0 bridgehead atoms. The SMILES string of the molecule is COC(=O)c1nn(-c2ccccc2)c(Cl)c1CN1CCc2nc(-c3cccs3)ncc2C1. The molecule has 0 unspecified atom stereocenters. The number of fused-ring (bicyclic) bond motifs is 1. The molecule has 32 heavy (non-hydrogen) atoms. The summed E-state index contributed by atoms with van der Waals surface area (Å²) in [5.41, 5.74) is 3.83. The third kappa shape index (κ3) is 3.92. The molecule has 0 fully saturated rings. The number of esters is 1. The van der Waals surface area contributed by atoms with Crippen molar-refractivity contribution in [3.8, 4) is 16.4 Å². The zero-order valence-electron chi connectivity index (χ0n) is 17.4. The maximum absolute atomic E-state index is 12.4. The Bertz CT molecular complexity index is 1260. The fourth-order valence-corrected chi connectivity index (χ4v) is 4.78. The highest BCUT2D eigenvalue weighted by molar-refractivity contribution is 7.13. The van der Waals surface area contributed by atoms with Crippen molar-refractivity contribution >= 4 is 28.9 Å². The number of benzene rings is 1. The topological polar surface area (TPSA) is 73.1 Å². The zero-order chi connectivity index (χ0) is 22.1. The molecule has 0 atom stereocenters. The lowest BCUT2D eigenvalue weighted by molar-refractivity contribution is 0.0591. The van der Waals surface area contributed by atoms with Gasteiger partial charge in [0, 0.05) is 43.4 Å². The molecular formula is C23H20ClN5O2S. The van der Waals surface area contributed by atoms with Gasteiger partial charge in [-0.25, -0.2) is 19.4 Å². The van der Waals surface area contributed by atoms with Crippen LogP contribution in [0.2, 0.25) is 5.15 Å². The number of aromatic nitrogens is 4. The van der Waals surface area contributed by atoms with Gasteiger partial charge in [-0.15, -0.1) is 11.3 Å². The molecule has 0 saturated carbocycles. The number of carbonyl (C=O) groups excluding carboxylic acids is 1. The van der Waals surface area contributed by atoms with Crippen LogP contribution in [0.5, 0.6) is 0 Å². The number of thiophene rings is 1. The van der Waals surface area contributed by atoms with Crippen LogP contribution in [-0.4, -0.2) is 44.3 Å². The first kappa shape index (κ1) is 20.8. The number of hydrogen-bond donors (Lipinski definition) is 0. The number of rotatable bonds is 5. The summed E-state index contributed by atoms with van der Waals surface area (Å²) in [4.78, 5) is 25.0. The van der Waals surface area contributed by atoms with Gasteiger partial charge < -0.3 is 4.74 Å². The van der Waals surface area contributed by atoms with Crippen molar-refractivity contribution in [2.45, 2.75) is 19.5 Å². The van der Waals surface area contributed by atoms with Crippen molar-refractivity contribution in [1.29, 1.82) is 0 Å². The molecule has 9 heteroatoms. The highest BCUT2D eigenvalue weighted by Gasteiger charge is 2.27. The highest BCUT2D eigenvalue weighted by Crippen LogP contribution is 2.29. The van der Waals surface area contributed by atoms with E-state index in [2.05, 4.69) is 15.0 Å². The molecule has 0 amide bonds. The molecule has 0 radical (unpaired) electrons. The lowest BCUT2D eigenvalue weighted by Crippen LogP contribution is -2.31. The van der Waals surface area contributed by atoms with Crippen molar-refractivity contribution in [3.05, 3.63) is 81.7 Å². The maximum atomic E-state index is 12.4. The van der Waals surface area contributed by atoms with Gasteiger partial charge in [0.25, 0.3) is 0 Å². The van der Waals surface area contributed by atoms with Gasteiger partial charge in [0.15, 0.2) is 11.5 Å². The molecule has 162 valence electrons. The molecule has 5 rings (SSSR count). The fraction of sp³-hybridized carbons (Fsp3) is 0.217. The Balaban J connectivity index is 1.42. The smallest absolute Gasteiger partial charge is 0.358 e. The van der Waals surface area contributed by atoms with Crippen molar-refractivity contribution in [2.75, 3.05) is 13.7 Å². The number of methoxy groups -OCH3 is 1. The largest absolute Gasteiger partial charge is 0.464 e. The molecule has 3 aromatic heterocycles. The molecule has 0 aliphatic carbocycles. The van der Waals surface area contributed by atoms with Gasteiger partial charge in [0.1, 0.15) is 5.15 Å². The molecule has 0 saturated heterocycles. The first-order chi connectivity index (χ1) is 15.6. The Kier molecular flexibility index (Phi) is 5.73. The van der Waals surface area contributed by atoms with Gasteiger partial charge in [-0.1, -0.05) is 35.9 Å². The average Bonchev–Trinajstić information content (AvgIpc) is 3.48. The highest BCUT2D eigenvalue weighted by atomic mass is 35.5. The van der Waals surface area contributed by atoms with Crippen LogP contribution in [0.4, 0.5) is 0 Å². The maximum Gasteiger partial charge on any atom is 0.358 e. The summed E-state index contributed by atoms with van der Waals surface area (Å²) in [7, 11) is 1.35. The number of ether oxygens (including phenoxy) is 1. The van der Waals surface area contributed by atoms with E-state index in [4.69, 9.17) is 21.3 Å². The standard InChI is InChI=1S/C23H20ClN5O2S/c1-31-23(30)20-17(21(24)29(27-20)16-6-3-2-4-7-16)14-28-10-9-18-15(13-28)12-25-22(26-18)19-8-5-11-32-19/h2-8,11-12H,9-10,13-14H2,1H3. The van der Waals surface area contributed by atoms with Crippen molar-refractivity contribution in [3.63, 3.8) is 0 Å². The molecule has 7 nitrogen and oxygen atoms in total. The number of hydrogen-bond acceptors (Lipinski definition) is 7. The average molecular weight is 466 g/mol. The van der Waals surface area contributed by atoms with Crippen LogP contribution in [0.25, 0.3) is 16.4 Å². The minimum absolute atomic E-state index is 0.233. The Labute approximate surface area is 194 Å². The van der Waals surface area contributed by atoms with E-state index in [1.165, 1.54) is 7.11 Å². The Morgan fingerprint density at radius 1 is 1.22 bits per heavy atom. The second-order valence-electron chi connectivity index (χ2n) is 7.46. The minimum Gasteiger partial charge on any atom is -0.464 e. The number of halogens is 1. The van der Waals surface area contributed by atoms with E-state index in [0.29, 0.717) is 23.8 Å². The minimum atomic E-state index is -0.502. The van der Waals surface area contributed by atoms with Crippen LogP contribution >= 0.6 is 22.9 Å². The second kappa shape index (κ2) is 8.82. The summed E-state index contributed by atoms with van der Waals surface area (Å²) in [5, 5.41) is 6.90. The van der Waals surface area contributed by atoms with E-state index in [0.717, 1.165) is 40.6 Å². The lowest BCUT2D eigenvalue weighted by Gasteiger charge is -2.28. The predicted molar refractivity (Wildman–Crippen MR) is 123 cm³/mol. The molecule has 0 spiro atoms. The number of para-hydroxylation sites is 1. The summed E-state index contributed by atoms with van der Waals surface area (Å²) in [6.45, 7) is 1.94. The van der Waals surface area contributed by atoms with Crippen LogP contribution < -0.4 is 0 Å². The first-order valence-electron chi connectivity index (χ1n) is 10.2. The van der Waals surface area contributed by atoms with E-state index in [1.807, 2.05) is 54.0 Å². The van der Waals surface area contributed by atoms with E-state index >= 15 is 0 Å². The molecule has 0 N–H and O–H groups in total. The molecule has 1 aromatic carbocycles. The summed E-state index contributed by atoms with van der Waals surface area (Å²) in [6, 6.07) is 13.5. The van der Waals surface area contributed by atoms with Crippen molar-refractivity contribution in [1.82, 2.24) is 24.6 Å². The van der Waals surface area contributed by atoms with Gasteiger partial charge in [-0.05, 0) is 23.6 Å². The van der Waals surface area contributed by atoms with Gasteiger partial charge in [-0.3, -0.25) is 4.90 Å². The fourth-order valence-electron chi connectivity index (χ4n) is 3.83. The summed E-state index contributed by atoms with van der Waals surface area (Å²) in [5.74, 6) is 0.269. The predicted octanol–water partition coefficient (Wildman–Crippen LogP) is 4.39. The van der Waals surface area contributed by atoms with E-state index in [-0.39, 0.29) is 5.69 Å². The monoisotopic (exact) mass is 465 g/mol.